The van der Waals surface area contributed by atoms with Gasteiger partial charge in [-0.15, -0.1) is 0 Å². The van der Waals surface area contributed by atoms with Crippen LogP contribution >= 0.6 is 15.9 Å². The highest BCUT2D eigenvalue weighted by Crippen LogP contribution is 2.34. The normalized spacial score (nSPS) is 15.0. The van der Waals surface area contributed by atoms with E-state index in [1.54, 1.807) is 0 Å². The maximum absolute atomic E-state index is 3.70. The van der Waals surface area contributed by atoms with Crippen molar-refractivity contribution >= 4 is 21.6 Å². The van der Waals surface area contributed by atoms with Crippen LogP contribution in [0.4, 0.5) is 5.69 Å². The molecule has 1 saturated carbocycles. The van der Waals surface area contributed by atoms with Crippen molar-refractivity contribution in [3.05, 3.63) is 28.2 Å². The fourth-order valence-electron chi connectivity index (χ4n) is 2.13. The van der Waals surface area contributed by atoms with E-state index in [-0.39, 0.29) is 0 Å². The molecular formula is C14H21BrN2. The van der Waals surface area contributed by atoms with Crippen molar-refractivity contribution in [2.75, 3.05) is 25.0 Å². The van der Waals surface area contributed by atoms with Gasteiger partial charge < -0.3 is 10.2 Å². The van der Waals surface area contributed by atoms with Gasteiger partial charge in [0.1, 0.15) is 0 Å². The maximum Gasteiger partial charge on any atom is 0.0510 e. The molecule has 1 aromatic rings. The average molecular weight is 297 g/mol. The first kappa shape index (κ1) is 12.9. The Labute approximate surface area is 113 Å². The Bertz CT molecular complexity index is 374. The molecule has 1 aliphatic rings. The third-order valence-corrected chi connectivity index (χ3v) is 3.93. The fraction of sp³-hybridized carbons (Fsp3) is 0.571. The highest BCUT2D eigenvalue weighted by atomic mass is 79.9. The minimum Gasteiger partial charge on any atom is -0.371 e. The first-order chi connectivity index (χ1) is 8.24. The summed E-state index contributed by atoms with van der Waals surface area (Å²) in [6.07, 6.45) is 2.82. The van der Waals surface area contributed by atoms with E-state index in [0.717, 1.165) is 19.0 Å². The highest BCUT2D eigenvalue weighted by Gasteiger charge is 2.24. The summed E-state index contributed by atoms with van der Waals surface area (Å²) in [5.41, 5.74) is 2.66. The lowest BCUT2D eigenvalue weighted by molar-refractivity contribution is 0.740. The molecule has 1 fully saturated rings. The minimum absolute atomic E-state index is 0.924. The van der Waals surface area contributed by atoms with E-state index in [2.05, 4.69) is 51.3 Å². The predicted octanol–water partition coefficient (Wildman–Crippen LogP) is 3.40. The fourth-order valence-corrected chi connectivity index (χ4v) is 2.81. The van der Waals surface area contributed by atoms with Crippen molar-refractivity contribution in [1.29, 1.82) is 0 Å². The Morgan fingerprint density at radius 3 is 2.71 bits per heavy atom. The number of hydrogen-bond donors (Lipinski definition) is 1. The van der Waals surface area contributed by atoms with E-state index in [1.807, 2.05) is 7.05 Å². The lowest BCUT2D eigenvalue weighted by atomic mass is 10.2. The average Bonchev–Trinajstić information content (AvgIpc) is 3.11. The standard InChI is InChI=1S/C14H21BrN2/c1-3-17(10-11-4-5-11)14-7-6-12(9-16-2)8-13(14)15/h6-8,11,16H,3-5,9-10H2,1-2H3. The van der Waals surface area contributed by atoms with Gasteiger partial charge >= 0.3 is 0 Å². The van der Waals surface area contributed by atoms with Gasteiger partial charge in [0.05, 0.1) is 5.69 Å². The van der Waals surface area contributed by atoms with E-state index >= 15 is 0 Å². The van der Waals surface area contributed by atoms with Crippen LogP contribution in [0.2, 0.25) is 0 Å². The lowest BCUT2D eigenvalue weighted by Gasteiger charge is -2.24. The molecule has 1 N–H and O–H groups in total. The Hall–Kier alpha value is -0.540. The summed E-state index contributed by atoms with van der Waals surface area (Å²) in [6, 6.07) is 6.68. The van der Waals surface area contributed by atoms with Gasteiger partial charge in [-0.2, -0.15) is 0 Å². The van der Waals surface area contributed by atoms with Crippen molar-refractivity contribution < 1.29 is 0 Å². The molecule has 0 unspecified atom stereocenters. The zero-order chi connectivity index (χ0) is 12.3. The predicted molar refractivity (Wildman–Crippen MR) is 77.5 cm³/mol. The molecule has 0 amide bonds. The van der Waals surface area contributed by atoms with Crippen LogP contribution in [0, 0.1) is 5.92 Å². The smallest absolute Gasteiger partial charge is 0.0510 e. The van der Waals surface area contributed by atoms with Crippen LogP contribution in [0.25, 0.3) is 0 Å². The summed E-state index contributed by atoms with van der Waals surface area (Å²) < 4.78 is 1.22. The Morgan fingerprint density at radius 1 is 1.41 bits per heavy atom. The summed E-state index contributed by atoms with van der Waals surface area (Å²) in [5, 5.41) is 3.18. The van der Waals surface area contributed by atoms with Gasteiger partial charge in [0, 0.05) is 24.1 Å². The van der Waals surface area contributed by atoms with E-state index in [9.17, 15) is 0 Å². The highest BCUT2D eigenvalue weighted by molar-refractivity contribution is 9.10. The third kappa shape index (κ3) is 3.46. The molecule has 3 heteroatoms. The van der Waals surface area contributed by atoms with Crippen LogP contribution in [0.5, 0.6) is 0 Å². The molecule has 2 nitrogen and oxygen atoms in total. The second-order valence-electron chi connectivity index (χ2n) is 4.80. The topological polar surface area (TPSA) is 15.3 Å². The van der Waals surface area contributed by atoms with Crippen molar-refractivity contribution in [1.82, 2.24) is 5.32 Å². The molecule has 0 radical (unpaired) electrons. The molecule has 94 valence electrons. The molecule has 0 saturated heterocycles. The molecule has 0 heterocycles. The van der Waals surface area contributed by atoms with Crippen molar-refractivity contribution in [2.24, 2.45) is 5.92 Å². The summed E-state index contributed by atoms with van der Waals surface area (Å²) in [7, 11) is 1.98. The molecule has 1 aromatic carbocycles. The number of hydrogen-bond acceptors (Lipinski definition) is 2. The quantitative estimate of drug-likeness (QED) is 0.865. The molecule has 0 bridgehead atoms. The monoisotopic (exact) mass is 296 g/mol. The molecule has 0 aliphatic heterocycles. The summed E-state index contributed by atoms with van der Waals surface area (Å²) >= 11 is 3.70. The second-order valence-corrected chi connectivity index (χ2v) is 5.65. The van der Waals surface area contributed by atoms with Crippen LogP contribution in [-0.2, 0) is 6.54 Å². The number of benzene rings is 1. The van der Waals surface area contributed by atoms with Gasteiger partial charge in [0.25, 0.3) is 0 Å². The number of anilines is 1. The summed E-state index contributed by atoms with van der Waals surface area (Å²) in [4.78, 5) is 2.48. The molecule has 2 rings (SSSR count). The van der Waals surface area contributed by atoms with Gasteiger partial charge in [-0.3, -0.25) is 0 Å². The third-order valence-electron chi connectivity index (χ3n) is 3.29. The van der Waals surface area contributed by atoms with Crippen molar-refractivity contribution in [3.8, 4) is 0 Å². The first-order valence-electron chi connectivity index (χ1n) is 6.42. The van der Waals surface area contributed by atoms with Crippen LogP contribution in [0.1, 0.15) is 25.3 Å². The van der Waals surface area contributed by atoms with Gasteiger partial charge in [0.15, 0.2) is 0 Å². The molecule has 0 spiro atoms. The summed E-state index contributed by atoms with van der Waals surface area (Å²) in [5.74, 6) is 0.929. The Kier molecular flexibility index (Phi) is 4.46. The van der Waals surface area contributed by atoms with Crippen LogP contribution < -0.4 is 10.2 Å². The van der Waals surface area contributed by atoms with Gasteiger partial charge in [0.2, 0.25) is 0 Å². The number of rotatable bonds is 6. The number of nitrogens with one attached hydrogen (secondary N) is 1. The Balaban J connectivity index is 2.12. The van der Waals surface area contributed by atoms with Crippen LogP contribution in [-0.4, -0.2) is 20.1 Å². The number of nitrogens with zero attached hydrogens (tertiary/aromatic N) is 1. The van der Waals surface area contributed by atoms with Crippen molar-refractivity contribution in [3.63, 3.8) is 0 Å². The van der Waals surface area contributed by atoms with Crippen molar-refractivity contribution in [2.45, 2.75) is 26.3 Å². The summed E-state index contributed by atoms with van der Waals surface area (Å²) in [6.45, 7) is 5.45. The van der Waals surface area contributed by atoms with E-state index in [4.69, 9.17) is 0 Å². The zero-order valence-corrected chi connectivity index (χ0v) is 12.3. The van der Waals surface area contributed by atoms with E-state index in [1.165, 1.54) is 35.1 Å². The van der Waals surface area contributed by atoms with E-state index in [0.29, 0.717) is 0 Å². The van der Waals surface area contributed by atoms with E-state index < -0.39 is 0 Å². The van der Waals surface area contributed by atoms with Crippen LogP contribution in [0.3, 0.4) is 0 Å². The lowest BCUT2D eigenvalue weighted by Crippen LogP contribution is -2.25. The minimum atomic E-state index is 0.924. The Morgan fingerprint density at radius 2 is 2.18 bits per heavy atom. The molecule has 0 atom stereocenters. The molecular weight excluding hydrogens is 276 g/mol. The van der Waals surface area contributed by atoms with Gasteiger partial charge in [-0.1, -0.05) is 6.07 Å². The second kappa shape index (κ2) is 5.87. The number of halogens is 1. The van der Waals surface area contributed by atoms with Crippen LogP contribution in [0.15, 0.2) is 22.7 Å². The largest absolute Gasteiger partial charge is 0.371 e. The SMILES string of the molecule is CCN(CC1CC1)c1ccc(CNC)cc1Br. The molecule has 17 heavy (non-hydrogen) atoms. The van der Waals surface area contributed by atoms with Gasteiger partial charge in [-0.25, -0.2) is 0 Å². The molecule has 0 aromatic heterocycles. The zero-order valence-electron chi connectivity index (χ0n) is 10.7. The molecule has 1 aliphatic carbocycles. The van der Waals surface area contributed by atoms with Gasteiger partial charge in [-0.05, 0) is 66.4 Å². The first-order valence-corrected chi connectivity index (χ1v) is 7.22. The maximum atomic E-state index is 3.70.